The van der Waals surface area contributed by atoms with Crippen molar-refractivity contribution >= 4 is 10.1 Å². The normalized spacial score (nSPS) is 12.4. The molecule has 0 N–H and O–H groups in total. The van der Waals surface area contributed by atoms with E-state index in [1.54, 1.807) is 6.08 Å². The molecule has 0 atom stereocenters. The maximum atomic E-state index is 10.7. The van der Waals surface area contributed by atoms with Gasteiger partial charge in [0.2, 0.25) is 0 Å². The topological polar surface area (TPSA) is 43.4 Å². The van der Waals surface area contributed by atoms with Gasteiger partial charge in [0.15, 0.2) is 0 Å². The number of rotatable bonds is 16. The fourth-order valence-electron chi connectivity index (χ4n) is 2.46. The Morgan fingerprint density at radius 1 is 0.739 bits per heavy atom. The molecule has 0 saturated heterocycles. The third-order valence-electron chi connectivity index (χ3n) is 3.78. The average Bonchev–Trinajstić information content (AvgIpc) is 2.49. The van der Waals surface area contributed by atoms with Gasteiger partial charge in [-0.25, -0.2) is 0 Å². The second kappa shape index (κ2) is 16.1. The molecule has 0 aromatic carbocycles. The molecular formula is C19H36O3S. The van der Waals surface area contributed by atoms with E-state index in [1.807, 2.05) is 6.08 Å². The summed E-state index contributed by atoms with van der Waals surface area (Å²) in [6, 6.07) is 0. The first kappa shape index (κ1) is 22.2. The molecule has 0 aliphatic rings. The van der Waals surface area contributed by atoms with Gasteiger partial charge in [0.05, 0.1) is 6.26 Å². The molecule has 0 unspecified atom stereocenters. The fourth-order valence-corrected chi connectivity index (χ4v) is 2.72. The van der Waals surface area contributed by atoms with Crippen LogP contribution in [0, 0.1) is 0 Å². The number of hydrogen-bond acceptors (Lipinski definition) is 3. The largest absolute Gasteiger partial charge is 0.391 e. The second-order valence-corrected chi connectivity index (χ2v) is 7.84. The van der Waals surface area contributed by atoms with Gasteiger partial charge in [0.25, 0.3) is 0 Å². The number of allylic oxidation sites excluding steroid dienone is 3. The first-order valence-corrected chi connectivity index (χ1v) is 11.1. The van der Waals surface area contributed by atoms with Gasteiger partial charge in [-0.15, -0.1) is 0 Å². The molecule has 0 aromatic heterocycles. The molecule has 23 heavy (non-hydrogen) atoms. The van der Waals surface area contributed by atoms with Crippen LogP contribution in [0.25, 0.3) is 0 Å². The van der Waals surface area contributed by atoms with Crippen LogP contribution in [0.3, 0.4) is 0 Å². The Kier molecular flexibility index (Phi) is 15.6. The van der Waals surface area contributed by atoms with E-state index in [2.05, 4.69) is 17.2 Å². The van der Waals surface area contributed by atoms with Gasteiger partial charge < -0.3 is 4.18 Å². The van der Waals surface area contributed by atoms with E-state index in [9.17, 15) is 8.42 Å². The molecule has 0 aliphatic heterocycles. The monoisotopic (exact) mass is 344 g/mol. The van der Waals surface area contributed by atoms with Crippen molar-refractivity contribution in [3.63, 3.8) is 0 Å². The summed E-state index contributed by atoms with van der Waals surface area (Å²) in [4.78, 5) is 0. The molecule has 0 aromatic rings. The van der Waals surface area contributed by atoms with E-state index in [1.165, 1.54) is 83.3 Å². The summed E-state index contributed by atoms with van der Waals surface area (Å²) < 4.78 is 25.9. The molecule has 3 nitrogen and oxygen atoms in total. The van der Waals surface area contributed by atoms with E-state index in [-0.39, 0.29) is 0 Å². The SMILES string of the molecule is CCCCCCCCCCCCCCC=CC=COS(C)(=O)=O. The molecule has 0 bridgehead atoms. The highest BCUT2D eigenvalue weighted by atomic mass is 32.2. The Bertz CT molecular complexity index is 397. The van der Waals surface area contributed by atoms with Crippen molar-refractivity contribution in [1.82, 2.24) is 0 Å². The van der Waals surface area contributed by atoms with E-state index in [0.29, 0.717) is 0 Å². The van der Waals surface area contributed by atoms with Crippen molar-refractivity contribution in [2.75, 3.05) is 6.26 Å². The Labute approximate surface area is 144 Å². The van der Waals surface area contributed by atoms with E-state index < -0.39 is 10.1 Å². The maximum absolute atomic E-state index is 10.7. The van der Waals surface area contributed by atoms with Crippen LogP contribution < -0.4 is 0 Å². The van der Waals surface area contributed by atoms with Gasteiger partial charge in [-0.3, -0.25) is 0 Å². The molecule has 0 amide bonds. The molecule has 0 spiro atoms. The average molecular weight is 345 g/mol. The smallest absolute Gasteiger partial charge is 0.305 e. The Morgan fingerprint density at radius 3 is 1.70 bits per heavy atom. The Morgan fingerprint density at radius 2 is 1.22 bits per heavy atom. The zero-order chi connectivity index (χ0) is 17.2. The molecular weight excluding hydrogens is 308 g/mol. The number of hydrogen-bond donors (Lipinski definition) is 0. The van der Waals surface area contributed by atoms with Gasteiger partial charge in [-0.1, -0.05) is 89.7 Å². The molecule has 0 saturated carbocycles. The highest BCUT2D eigenvalue weighted by molar-refractivity contribution is 7.86. The predicted molar refractivity (Wildman–Crippen MR) is 99.9 cm³/mol. The third kappa shape index (κ3) is 21.2. The predicted octanol–water partition coefficient (Wildman–Crippen LogP) is 6.12. The molecule has 0 aliphatic carbocycles. The zero-order valence-corrected chi connectivity index (χ0v) is 16.0. The summed E-state index contributed by atoms with van der Waals surface area (Å²) in [7, 11) is -3.37. The molecule has 136 valence electrons. The summed E-state index contributed by atoms with van der Waals surface area (Å²) in [5.41, 5.74) is 0. The highest BCUT2D eigenvalue weighted by Crippen LogP contribution is 2.12. The van der Waals surface area contributed by atoms with Crippen molar-refractivity contribution in [1.29, 1.82) is 0 Å². The van der Waals surface area contributed by atoms with Crippen LogP contribution in [-0.2, 0) is 14.3 Å². The van der Waals surface area contributed by atoms with Crippen LogP contribution in [0.15, 0.2) is 24.5 Å². The van der Waals surface area contributed by atoms with Crippen LogP contribution in [0.5, 0.6) is 0 Å². The third-order valence-corrected chi connectivity index (χ3v) is 4.24. The molecule has 0 rings (SSSR count). The van der Waals surface area contributed by atoms with E-state index in [4.69, 9.17) is 0 Å². The van der Waals surface area contributed by atoms with Gasteiger partial charge >= 0.3 is 10.1 Å². The summed E-state index contributed by atoms with van der Waals surface area (Å²) in [6.07, 6.45) is 25.1. The van der Waals surface area contributed by atoms with Crippen molar-refractivity contribution in [3.8, 4) is 0 Å². The van der Waals surface area contributed by atoms with E-state index >= 15 is 0 Å². The fraction of sp³-hybridized carbons (Fsp3) is 0.789. The second-order valence-electron chi connectivity index (χ2n) is 6.23. The number of unbranched alkanes of at least 4 members (excludes halogenated alkanes) is 12. The van der Waals surface area contributed by atoms with Crippen LogP contribution in [0.2, 0.25) is 0 Å². The minimum atomic E-state index is -3.37. The molecule has 0 heterocycles. The summed E-state index contributed by atoms with van der Waals surface area (Å²) in [5.74, 6) is 0. The highest BCUT2D eigenvalue weighted by Gasteiger charge is 1.94. The lowest BCUT2D eigenvalue weighted by Crippen LogP contribution is -1.95. The minimum Gasteiger partial charge on any atom is -0.391 e. The zero-order valence-electron chi connectivity index (χ0n) is 15.1. The molecule has 0 radical (unpaired) electrons. The summed E-state index contributed by atoms with van der Waals surface area (Å²) in [5, 5.41) is 0. The van der Waals surface area contributed by atoms with E-state index in [0.717, 1.165) is 12.7 Å². The van der Waals surface area contributed by atoms with Crippen molar-refractivity contribution in [2.45, 2.75) is 90.4 Å². The Hall–Kier alpha value is -0.770. The summed E-state index contributed by atoms with van der Waals surface area (Å²) >= 11 is 0. The molecule has 0 fully saturated rings. The first-order valence-electron chi connectivity index (χ1n) is 9.26. The first-order chi connectivity index (χ1) is 11.1. The van der Waals surface area contributed by atoms with Crippen molar-refractivity contribution in [2.24, 2.45) is 0 Å². The van der Waals surface area contributed by atoms with Crippen LogP contribution >= 0.6 is 0 Å². The molecule has 4 heteroatoms. The maximum Gasteiger partial charge on any atom is 0.305 e. The van der Waals surface area contributed by atoms with Crippen LogP contribution in [0.4, 0.5) is 0 Å². The standard InChI is InChI=1S/C19H36O3S/c1-3-4-5-6-7-8-9-10-11-12-13-14-15-16-17-18-19-22-23(2,20)21/h16-19H,3-15H2,1-2H3. The van der Waals surface area contributed by atoms with Gasteiger partial charge in [-0.2, -0.15) is 8.42 Å². The van der Waals surface area contributed by atoms with Crippen LogP contribution in [-0.4, -0.2) is 14.7 Å². The minimum absolute atomic E-state index is 1.04. The van der Waals surface area contributed by atoms with Gasteiger partial charge in [0, 0.05) is 0 Å². The Balaban J connectivity index is 3.21. The van der Waals surface area contributed by atoms with Crippen molar-refractivity contribution < 1.29 is 12.6 Å². The van der Waals surface area contributed by atoms with Gasteiger partial charge in [-0.05, 0) is 18.9 Å². The lowest BCUT2D eigenvalue weighted by atomic mass is 10.0. The lowest BCUT2D eigenvalue weighted by molar-refractivity contribution is 0.450. The van der Waals surface area contributed by atoms with Crippen LogP contribution in [0.1, 0.15) is 90.4 Å². The lowest BCUT2D eigenvalue weighted by Gasteiger charge is -2.02. The van der Waals surface area contributed by atoms with Gasteiger partial charge in [0.1, 0.15) is 6.26 Å². The van der Waals surface area contributed by atoms with Crippen molar-refractivity contribution in [3.05, 3.63) is 24.5 Å². The summed E-state index contributed by atoms with van der Waals surface area (Å²) in [6.45, 7) is 2.26. The quantitative estimate of drug-likeness (QED) is 0.146.